The fraction of sp³-hybridized carbons (Fsp3) is 0.379. The molecule has 0 bridgehead atoms. The van der Waals surface area contributed by atoms with E-state index in [9.17, 15) is 19.5 Å². The zero-order valence-electron chi connectivity index (χ0n) is 21.6. The average molecular weight is 519 g/mol. The summed E-state index contributed by atoms with van der Waals surface area (Å²) in [5.74, 6) is -0.198. The number of nitrogens with zero attached hydrogens (tertiary/aromatic N) is 3. The lowest BCUT2D eigenvalue weighted by atomic mass is 10.0. The number of carbonyl (C=O) groups excluding carboxylic acids is 3. The van der Waals surface area contributed by atoms with Crippen LogP contribution in [0, 0.1) is 0 Å². The monoisotopic (exact) mass is 518 g/mol. The Bertz CT molecular complexity index is 1250. The number of hydrogen-bond acceptors (Lipinski definition) is 6. The molecule has 3 N–H and O–H groups in total. The number of ether oxygens (including phenoxy) is 1. The van der Waals surface area contributed by atoms with Crippen LogP contribution in [-0.2, 0) is 6.42 Å². The minimum atomic E-state index is -0.640. The predicted molar refractivity (Wildman–Crippen MR) is 142 cm³/mol. The first-order chi connectivity index (χ1) is 18.4. The van der Waals surface area contributed by atoms with Crippen LogP contribution in [0.15, 0.2) is 61.1 Å². The van der Waals surface area contributed by atoms with E-state index < -0.39 is 12.0 Å². The van der Waals surface area contributed by atoms with Crippen LogP contribution >= 0.6 is 0 Å². The van der Waals surface area contributed by atoms with Crippen molar-refractivity contribution in [2.75, 3.05) is 13.2 Å². The summed E-state index contributed by atoms with van der Waals surface area (Å²) in [6.45, 7) is 2.71. The van der Waals surface area contributed by atoms with Crippen molar-refractivity contribution in [2.45, 2.75) is 57.6 Å². The lowest BCUT2D eigenvalue weighted by molar-refractivity contribution is 0.0651. The Hall–Kier alpha value is -3.98. The number of imidazole rings is 1. The Kier molecular flexibility index (Phi) is 8.91. The van der Waals surface area contributed by atoms with E-state index in [2.05, 4.69) is 4.98 Å². The molecule has 200 valence electrons. The highest BCUT2D eigenvalue weighted by Gasteiger charge is 2.34. The molecule has 3 amide bonds. The van der Waals surface area contributed by atoms with Crippen molar-refractivity contribution < 1.29 is 24.2 Å². The van der Waals surface area contributed by atoms with Gasteiger partial charge in [0.25, 0.3) is 17.7 Å². The largest absolute Gasteiger partial charge is 0.493 e. The van der Waals surface area contributed by atoms with E-state index in [1.54, 1.807) is 42.0 Å². The third kappa shape index (κ3) is 6.28. The van der Waals surface area contributed by atoms with Crippen molar-refractivity contribution >= 4 is 17.7 Å². The molecule has 1 aromatic heterocycles. The molecule has 38 heavy (non-hydrogen) atoms. The molecule has 0 saturated carbocycles. The van der Waals surface area contributed by atoms with Gasteiger partial charge in [0.05, 0.1) is 36.2 Å². The van der Waals surface area contributed by atoms with Crippen LogP contribution in [0.3, 0.4) is 0 Å². The number of aromatic nitrogens is 2. The van der Waals surface area contributed by atoms with Crippen molar-refractivity contribution in [1.82, 2.24) is 14.5 Å². The summed E-state index contributed by atoms with van der Waals surface area (Å²) in [7, 11) is 0. The number of fused-ring (bicyclic) bond motifs is 1. The molecule has 2 heterocycles. The molecule has 2 aromatic carbocycles. The second kappa shape index (κ2) is 12.5. The van der Waals surface area contributed by atoms with Gasteiger partial charge in [-0.05, 0) is 56.4 Å². The summed E-state index contributed by atoms with van der Waals surface area (Å²) in [4.78, 5) is 41.6. The summed E-state index contributed by atoms with van der Waals surface area (Å²) >= 11 is 0. The molecule has 0 spiro atoms. The van der Waals surface area contributed by atoms with E-state index >= 15 is 0 Å². The van der Waals surface area contributed by atoms with Gasteiger partial charge >= 0.3 is 0 Å². The standard InChI is InChI=1S/C29H34N4O5/c1-20(34)25(32-18-24(27(30)35)31-19-32)15-14-21-10-4-7-13-26(21)38-17-9-3-2-8-16-33-28(36)22-11-5-6-12-23(22)29(33)37/h4-7,10-13,18-20,25,34H,2-3,8-9,14-17H2,1H3,(H2,30,35). The third-order valence-corrected chi connectivity index (χ3v) is 6.89. The summed E-state index contributed by atoms with van der Waals surface area (Å²) in [5, 5.41) is 10.3. The zero-order chi connectivity index (χ0) is 27.1. The number of carbonyl (C=O) groups is 3. The van der Waals surface area contributed by atoms with E-state index in [0.717, 1.165) is 37.0 Å². The van der Waals surface area contributed by atoms with Gasteiger partial charge in [0.15, 0.2) is 0 Å². The smallest absolute Gasteiger partial charge is 0.268 e. The lowest BCUT2D eigenvalue weighted by Crippen LogP contribution is -2.30. The fourth-order valence-corrected chi connectivity index (χ4v) is 4.79. The van der Waals surface area contributed by atoms with Crippen LogP contribution in [0.5, 0.6) is 5.75 Å². The first-order valence-corrected chi connectivity index (χ1v) is 13.0. The number of unbranched alkanes of at least 4 members (excludes halogenated alkanes) is 3. The maximum atomic E-state index is 12.5. The van der Waals surface area contributed by atoms with Gasteiger partial charge in [-0.3, -0.25) is 19.3 Å². The highest BCUT2D eigenvalue weighted by Crippen LogP contribution is 2.26. The van der Waals surface area contributed by atoms with Crippen LogP contribution in [0.4, 0.5) is 0 Å². The van der Waals surface area contributed by atoms with E-state index in [0.29, 0.717) is 37.1 Å². The highest BCUT2D eigenvalue weighted by atomic mass is 16.5. The summed E-state index contributed by atoms with van der Waals surface area (Å²) in [6.07, 6.45) is 7.20. The molecule has 9 nitrogen and oxygen atoms in total. The van der Waals surface area contributed by atoms with Gasteiger partial charge in [-0.1, -0.05) is 43.2 Å². The van der Waals surface area contributed by atoms with E-state index in [4.69, 9.17) is 10.5 Å². The Balaban J connectivity index is 1.20. The van der Waals surface area contributed by atoms with Gasteiger partial charge in [0.1, 0.15) is 11.4 Å². The van der Waals surface area contributed by atoms with Crippen LogP contribution in [-0.4, -0.2) is 56.5 Å². The molecule has 2 unspecified atom stereocenters. The molecule has 1 aliphatic rings. The highest BCUT2D eigenvalue weighted by molar-refractivity contribution is 6.21. The van der Waals surface area contributed by atoms with Gasteiger partial charge in [-0.15, -0.1) is 0 Å². The number of imide groups is 1. The number of nitrogens with two attached hydrogens (primary N) is 1. The van der Waals surface area contributed by atoms with Crippen LogP contribution in [0.2, 0.25) is 0 Å². The molecule has 2 atom stereocenters. The van der Waals surface area contributed by atoms with E-state index in [-0.39, 0.29) is 23.6 Å². The van der Waals surface area contributed by atoms with E-state index in [1.807, 2.05) is 24.3 Å². The molecule has 0 radical (unpaired) electrons. The van der Waals surface area contributed by atoms with Crippen molar-refractivity contribution in [2.24, 2.45) is 5.73 Å². The van der Waals surface area contributed by atoms with Crippen molar-refractivity contribution in [3.8, 4) is 5.75 Å². The second-order valence-corrected chi connectivity index (χ2v) is 9.59. The molecule has 0 aliphatic carbocycles. The lowest BCUT2D eigenvalue weighted by Gasteiger charge is -2.22. The molecular weight excluding hydrogens is 484 g/mol. The van der Waals surface area contributed by atoms with Gasteiger partial charge in [-0.2, -0.15) is 0 Å². The normalized spacial score (nSPS) is 14.4. The molecule has 1 aliphatic heterocycles. The van der Waals surface area contributed by atoms with E-state index in [1.165, 1.54) is 11.2 Å². The molecule has 3 aromatic rings. The van der Waals surface area contributed by atoms with Crippen LogP contribution in [0.1, 0.15) is 81.8 Å². The number of hydrogen-bond donors (Lipinski definition) is 2. The molecule has 0 fully saturated rings. The molecule has 9 heteroatoms. The molecular formula is C29H34N4O5. The van der Waals surface area contributed by atoms with Crippen LogP contribution < -0.4 is 10.5 Å². The number of aryl methyl sites for hydroxylation is 1. The zero-order valence-corrected chi connectivity index (χ0v) is 21.6. The number of amides is 3. The SMILES string of the molecule is CC(O)C(CCc1ccccc1OCCCCCCN1C(=O)c2ccccc2C1=O)n1cnc(C(N)=O)c1. The van der Waals surface area contributed by atoms with Crippen molar-refractivity contribution in [1.29, 1.82) is 0 Å². The first-order valence-electron chi connectivity index (χ1n) is 13.0. The van der Waals surface area contributed by atoms with Crippen LogP contribution in [0.25, 0.3) is 0 Å². The Morgan fingerprint density at radius 1 is 1.00 bits per heavy atom. The summed E-state index contributed by atoms with van der Waals surface area (Å²) in [6, 6.07) is 14.5. The average Bonchev–Trinajstić information content (AvgIpc) is 3.49. The second-order valence-electron chi connectivity index (χ2n) is 9.59. The summed E-state index contributed by atoms with van der Waals surface area (Å²) in [5.41, 5.74) is 7.50. The first kappa shape index (κ1) is 27.1. The number of aliphatic hydroxyl groups excluding tert-OH is 1. The number of benzene rings is 2. The third-order valence-electron chi connectivity index (χ3n) is 6.89. The van der Waals surface area contributed by atoms with Gasteiger partial charge in [0.2, 0.25) is 0 Å². The minimum absolute atomic E-state index is 0.170. The topological polar surface area (TPSA) is 128 Å². The number of aliphatic hydroxyl groups is 1. The predicted octanol–water partition coefficient (Wildman–Crippen LogP) is 3.77. The van der Waals surface area contributed by atoms with Crippen molar-refractivity contribution in [3.63, 3.8) is 0 Å². The number of para-hydroxylation sites is 1. The Morgan fingerprint density at radius 2 is 1.66 bits per heavy atom. The fourth-order valence-electron chi connectivity index (χ4n) is 4.79. The maximum Gasteiger partial charge on any atom is 0.268 e. The molecule has 4 rings (SSSR count). The quantitative estimate of drug-likeness (QED) is 0.247. The van der Waals surface area contributed by atoms with Crippen molar-refractivity contribution in [3.05, 3.63) is 83.4 Å². The molecule has 0 saturated heterocycles. The summed E-state index contributed by atoms with van der Waals surface area (Å²) < 4.78 is 7.80. The Labute approximate surface area is 222 Å². The van der Waals surface area contributed by atoms with Gasteiger partial charge in [-0.25, -0.2) is 4.98 Å². The maximum absolute atomic E-state index is 12.5. The van der Waals surface area contributed by atoms with Gasteiger partial charge < -0.3 is 20.1 Å². The minimum Gasteiger partial charge on any atom is -0.493 e. The number of primary amides is 1. The van der Waals surface area contributed by atoms with Gasteiger partial charge in [0, 0.05) is 12.7 Å². The number of rotatable bonds is 14. The Morgan fingerprint density at radius 3 is 2.32 bits per heavy atom.